The third-order valence-corrected chi connectivity index (χ3v) is 3.01. The Kier molecular flexibility index (Phi) is 4.78. The Hall–Kier alpha value is -1.26. The summed E-state index contributed by atoms with van der Waals surface area (Å²) in [6.07, 6.45) is 0. The molecule has 0 fully saturated rings. The zero-order chi connectivity index (χ0) is 13.0. The van der Waals surface area contributed by atoms with Gasteiger partial charge in [-0.3, -0.25) is 9.59 Å². The van der Waals surface area contributed by atoms with Crippen molar-refractivity contribution >= 4 is 35.1 Å². The largest absolute Gasteiger partial charge is 0.481 e. The molecule has 2 N–H and O–H groups in total. The number of carbonyl (C=O) groups is 2. The molecule has 0 saturated carbocycles. The lowest BCUT2D eigenvalue weighted by molar-refractivity contribution is -0.140. The van der Waals surface area contributed by atoms with Gasteiger partial charge in [-0.2, -0.15) is 0 Å². The highest BCUT2D eigenvalue weighted by molar-refractivity contribution is 6.43. The van der Waals surface area contributed by atoms with Crippen LogP contribution in [0.5, 0.6) is 0 Å². The third-order valence-electron chi connectivity index (χ3n) is 2.19. The Morgan fingerprint density at radius 1 is 1.41 bits per heavy atom. The average Bonchev–Trinajstić information content (AvgIpc) is 2.29. The fourth-order valence-corrected chi connectivity index (χ4v) is 1.49. The topological polar surface area (TPSA) is 66.4 Å². The first-order valence-corrected chi connectivity index (χ1v) is 5.64. The van der Waals surface area contributed by atoms with Gasteiger partial charge in [-0.15, -0.1) is 0 Å². The van der Waals surface area contributed by atoms with Crippen LogP contribution in [0.1, 0.15) is 17.3 Å². The van der Waals surface area contributed by atoms with E-state index < -0.39 is 17.8 Å². The fraction of sp³-hybridized carbons (Fsp3) is 0.273. The Morgan fingerprint density at radius 3 is 2.65 bits per heavy atom. The van der Waals surface area contributed by atoms with Crippen molar-refractivity contribution in [2.75, 3.05) is 6.54 Å². The maximum atomic E-state index is 11.7. The average molecular weight is 276 g/mol. The molecule has 0 bridgehead atoms. The van der Waals surface area contributed by atoms with E-state index >= 15 is 0 Å². The van der Waals surface area contributed by atoms with Crippen molar-refractivity contribution in [1.29, 1.82) is 0 Å². The zero-order valence-corrected chi connectivity index (χ0v) is 10.5. The smallest absolute Gasteiger partial charge is 0.308 e. The number of carboxylic acid groups (broad SMARTS) is 1. The highest BCUT2D eigenvalue weighted by Crippen LogP contribution is 2.25. The molecule has 1 atom stereocenters. The normalized spacial score (nSPS) is 11.9. The lowest BCUT2D eigenvalue weighted by Crippen LogP contribution is -2.31. The van der Waals surface area contributed by atoms with Crippen LogP contribution in [0.25, 0.3) is 0 Å². The zero-order valence-electron chi connectivity index (χ0n) is 9.04. The molecular formula is C11H11Cl2NO3. The van der Waals surface area contributed by atoms with E-state index in [1.807, 2.05) is 0 Å². The monoisotopic (exact) mass is 275 g/mol. The Bertz CT molecular complexity index is 448. The van der Waals surface area contributed by atoms with Gasteiger partial charge in [-0.05, 0) is 12.1 Å². The molecule has 17 heavy (non-hydrogen) atoms. The van der Waals surface area contributed by atoms with Gasteiger partial charge in [0.15, 0.2) is 0 Å². The van der Waals surface area contributed by atoms with E-state index in [0.717, 1.165) is 0 Å². The van der Waals surface area contributed by atoms with E-state index in [4.69, 9.17) is 28.3 Å². The lowest BCUT2D eigenvalue weighted by Gasteiger charge is -2.09. The number of carboxylic acids is 1. The van der Waals surface area contributed by atoms with Gasteiger partial charge in [0.2, 0.25) is 0 Å². The molecule has 0 aliphatic heterocycles. The molecule has 92 valence electrons. The molecule has 6 heteroatoms. The number of amides is 1. The van der Waals surface area contributed by atoms with Crippen LogP contribution in [0.2, 0.25) is 10.0 Å². The number of halogens is 2. The molecule has 0 heterocycles. The summed E-state index contributed by atoms with van der Waals surface area (Å²) in [5, 5.41) is 11.6. The molecule has 0 spiro atoms. The van der Waals surface area contributed by atoms with Gasteiger partial charge in [0.05, 0.1) is 21.5 Å². The third kappa shape index (κ3) is 3.61. The second-order valence-electron chi connectivity index (χ2n) is 3.55. The van der Waals surface area contributed by atoms with Crippen molar-refractivity contribution in [1.82, 2.24) is 5.32 Å². The first-order chi connectivity index (χ1) is 7.93. The highest BCUT2D eigenvalue weighted by Gasteiger charge is 2.15. The first-order valence-electron chi connectivity index (χ1n) is 4.88. The quantitative estimate of drug-likeness (QED) is 0.887. The highest BCUT2D eigenvalue weighted by atomic mass is 35.5. The first kappa shape index (κ1) is 13.8. The summed E-state index contributed by atoms with van der Waals surface area (Å²) in [6.45, 7) is 1.54. The van der Waals surface area contributed by atoms with Crippen LogP contribution in [0.3, 0.4) is 0 Å². The summed E-state index contributed by atoms with van der Waals surface area (Å²) in [6, 6.07) is 4.69. The molecule has 4 nitrogen and oxygen atoms in total. The molecule has 1 unspecified atom stereocenters. The summed E-state index contributed by atoms with van der Waals surface area (Å²) >= 11 is 11.6. The molecule has 1 aromatic carbocycles. The van der Waals surface area contributed by atoms with E-state index in [9.17, 15) is 9.59 Å². The molecule has 0 aromatic heterocycles. The number of hydrogen-bond donors (Lipinski definition) is 2. The Balaban J connectivity index is 2.71. The number of hydrogen-bond acceptors (Lipinski definition) is 2. The summed E-state index contributed by atoms with van der Waals surface area (Å²) in [4.78, 5) is 22.3. The molecule has 0 aliphatic carbocycles. The molecule has 0 radical (unpaired) electrons. The van der Waals surface area contributed by atoms with Crippen LogP contribution in [-0.2, 0) is 4.79 Å². The number of carbonyl (C=O) groups excluding carboxylic acids is 1. The van der Waals surface area contributed by atoms with Gasteiger partial charge >= 0.3 is 5.97 Å². The van der Waals surface area contributed by atoms with Crippen molar-refractivity contribution in [3.8, 4) is 0 Å². The summed E-state index contributed by atoms with van der Waals surface area (Å²) in [5.41, 5.74) is 0.233. The predicted octanol–water partition coefficient (Wildman–Crippen LogP) is 2.44. The fourth-order valence-electron chi connectivity index (χ4n) is 1.11. The Morgan fingerprint density at radius 2 is 2.06 bits per heavy atom. The number of nitrogens with one attached hydrogen (secondary N) is 1. The molecular weight excluding hydrogens is 265 g/mol. The van der Waals surface area contributed by atoms with E-state index in [0.29, 0.717) is 0 Å². The van der Waals surface area contributed by atoms with Crippen molar-refractivity contribution in [3.05, 3.63) is 33.8 Å². The van der Waals surface area contributed by atoms with Crippen molar-refractivity contribution in [3.63, 3.8) is 0 Å². The van der Waals surface area contributed by atoms with E-state index in [1.165, 1.54) is 13.0 Å². The van der Waals surface area contributed by atoms with Crippen LogP contribution >= 0.6 is 23.2 Å². The van der Waals surface area contributed by atoms with Crippen molar-refractivity contribution in [2.24, 2.45) is 5.92 Å². The molecule has 1 aromatic rings. The van der Waals surface area contributed by atoms with Gasteiger partial charge in [-0.1, -0.05) is 36.2 Å². The summed E-state index contributed by atoms with van der Waals surface area (Å²) in [5.74, 6) is -2.06. The molecule has 1 rings (SSSR count). The van der Waals surface area contributed by atoms with E-state index in [1.54, 1.807) is 12.1 Å². The molecule has 1 amide bonds. The van der Waals surface area contributed by atoms with Gasteiger partial charge in [0, 0.05) is 6.54 Å². The summed E-state index contributed by atoms with van der Waals surface area (Å²) < 4.78 is 0. The van der Waals surface area contributed by atoms with E-state index in [-0.39, 0.29) is 22.2 Å². The number of rotatable bonds is 4. The predicted molar refractivity (Wildman–Crippen MR) is 65.6 cm³/mol. The molecule has 0 aliphatic rings. The molecule has 0 saturated heterocycles. The minimum Gasteiger partial charge on any atom is -0.481 e. The number of benzene rings is 1. The minimum atomic E-state index is -0.970. The van der Waals surface area contributed by atoms with Gasteiger partial charge in [-0.25, -0.2) is 0 Å². The van der Waals surface area contributed by atoms with Gasteiger partial charge in [0.1, 0.15) is 0 Å². The minimum absolute atomic E-state index is 0.0387. The van der Waals surface area contributed by atoms with Gasteiger partial charge < -0.3 is 10.4 Å². The SMILES string of the molecule is CC(CNC(=O)c1cccc(Cl)c1Cl)C(=O)O. The maximum Gasteiger partial charge on any atom is 0.308 e. The second kappa shape index (κ2) is 5.89. The van der Waals surface area contributed by atoms with Crippen molar-refractivity contribution in [2.45, 2.75) is 6.92 Å². The maximum absolute atomic E-state index is 11.7. The lowest BCUT2D eigenvalue weighted by atomic mass is 10.1. The second-order valence-corrected chi connectivity index (χ2v) is 4.34. The van der Waals surface area contributed by atoms with Crippen LogP contribution in [0, 0.1) is 5.92 Å². The van der Waals surface area contributed by atoms with Crippen molar-refractivity contribution < 1.29 is 14.7 Å². The van der Waals surface area contributed by atoms with Crippen LogP contribution in [-0.4, -0.2) is 23.5 Å². The number of aliphatic carboxylic acids is 1. The van der Waals surface area contributed by atoms with E-state index in [2.05, 4.69) is 5.32 Å². The van der Waals surface area contributed by atoms with Crippen LogP contribution in [0.4, 0.5) is 0 Å². The Labute approximate surface area is 109 Å². The van der Waals surface area contributed by atoms with Crippen LogP contribution in [0.15, 0.2) is 18.2 Å². The summed E-state index contributed by atoms with van der Waals surface area (Å²) in [7, 11) is 0. The van der Waals surface area contributed by atoms with Gasteiger partial charge in [0.25, 0.3) is 5.91 Å². The standard InChI is InChI=1S/C11H11Cl2NO3/c1-6(11(16)17)5-14-10(15)7-3-2-4-8(12)9(7)13/h2-4,6H,5H2,1H3,(H,14,15)(H,16,17). The van der Waals surface area contributed by atoms with Crippen LogP contribution < -0.4 is 5.32 Å².